The summed E-state index contributed by atoms with van der Waals surface area (Å²) in [6.45, 7) is 6.72. The molecule has 0 bridgehead atoms. The molecule has 0 atom stereocenters. The van der Waals surface area contributed by atoms with E-state index in [1.165, 1.54) is 11.1 Å². The Morgan fingerprint density at radius 1 is 0.609 bits per heavy atom. The van der Waals surface area contributed by atoms with E-state index in [-0.39, 0.29) is 5.41 Å². The maximum Gasteiger partial charge on any atom is 0.0473 e. The Hall–Kier alpha value is -2.54. The summed E-state index contributed by atoms with van der Waals surface area (Å²) in [5.74, 6) is 0. The number of rotatable bonds is 2. The topological polar surface area (TPSA) is 26.0 Å². The van der Waals surface area contributed by atoms with Crippen LogP contribution in [-0.4, -0.2) is 0 Å². The molecule has 0 aliphatic rings. The van der Waals surface area contributed by atoms with Crippen LogP contribution in [0.5, 0.6) is 0 Å². The third-order valence-corrected chi connectivity index (χ3v) is 4.22. The van der Waals surface area contributed by atoms with Gasteiger partial charge in [-0.15, -0.1) is 0 Å². The number of anilines is 1. The lowest BCUT2D eigenvalue weighted by molar-refractivity contribution is 0.592. The second kappa shape index (κ2) is 5.92. The molecule has 1 heteroatoms. The highest BCUT2D eigenvalue weighted by atomic mass is 14.6. The summed E-state index contributed by atoms with van der Waals surface area (Å²) in [6.07, 6.45) is 0. The number of nitrogens with two attached hydrogens (primary N) is 1. The van der Waals surface area contributed by atoms with Gasteiger partial charge in [0.1, 0.15) is 0 Å². The van der Waals surface area contributed by atoms with Gasteiger partial charge in [-0.3, -0.25) is 0 Å². The van der Waals surface area contributed by atoms with E-state index in [4.69, 9.17) is 5.73 Å². The smallest absolute Gasteiger partial charge is 0.0473 e. The van der Waals surface area contributed by atoms with E-state index in [0.29, 0.717) is 0 Å². The second-order valence-electron chi connectivity index (χ2n) is 6.93. The van der Waals surface area contributed by atoms with Gasteiger partial charge in [-0.25, -0.2) is 0 Å². The van der Waals surface area contributed by atoms with Gasteiger partial charge in [0.15, 0.2) is 0 Å². The van der Waals surface area contributed by atoms with E-state index in [1.807, 2.05) is 18.2 Å². The van der Waals surface area contributed by atoms with Gasteiger partial charge >= 0.3 is 0 Å². The predicted molar refractivity (Wildman–Crippen MR) is 100 cm³/mol. The molecule has 0 aliphatic carbocycles. The van der Waals surface area contributed by atoms with Crippen molar-refractivity contribution < 1.29 is 0 Å². The van der Waals surface area contributed by atoms with Crippen molar-refractivity contribution in [1.29, 1.82) is 0 Å². The van der Waals surface area contributed by atoms with Crippen LogP contribution in [0, 0.1) is 0 Å². The van der Waals surface area contributed by atoms with Crippen LogP contribution in [0.1, 0.15) is 26.3 Å². The van der Waals surface area contributed by atoms with Gasteiger partial charge in [-0.1, -0.05) is 93.6 Å². The molecule has 2 N–H and O–H groups in total. The molecule has 0 spiro atoms. The van der Waals surface area contributed by atoms with Crippen LogP contribution in [0.2, 0.25) is 0 Å². The van der Waals surface area contributed by atoms with Crippen LogP contribution in [0.15, 0.2) is 72.8 Å². The minimum atomic E-state index is 0.0752. The molecule has 0 aliphatic heterocycles. The summed E-state index contributed by atoms with van der Waals surface area (Å²) < 4.78 is 0. The zero-order valence-electron chi connectivity index (χ0n) is 14.0. The summed E-state index contributed by atoms with van der Waals surface area (Å²) in [6, 6.07) is 25.2. The SMILES string of the molecule is CC(C)(C)c1ccccc1-c1cccc(-c2ccccc2)c1N. The Morgan fingerprint density at radius 3 is 1.87 bits per heavy atom. The van der Waals surface area contributed by atoms with E-state index < -0.39 is 0 Å². The standard InChI is InChI=1S/C22H23N/c1-22(2,3)20-15-8-7-12-18(20)19-14-9-13-17(21(19)23)16-10-5-4-6-11-16/h4-15H,23H2,1-3H3. The molecule has 1 nitrogen and oxygen atoms in total. The van der Waals surface area contributed by atoms with Crippen LogP contribution in [0.4, 0.5) is 5.69 Å². The molecular weight excluding hydrogens is 278 g/mol. The van der Waals surface area contributed by atoms with Crippen molar-refractivity contribution in [3.05, 3.63) is 78.4 Å². The highest BCUT2D eigenvalue weighted by molar-refractivity contribution is 5.90. The highest BCUT2D eigenvalue weighted by Gasteiger charge is 2.20. The van der Waals surface area contributed by atoms with Crippen LogP contribution in [0.3, 0.4) is 0 Å². The summed E-state index contributed by atoms with van der Waals surface area (Å²) in [5, 5.41) is 0. The van der Waals surface area contributed by atoms with E-state index in [0.717, 1.165) is 22.4 Å². The van der Waals surface area contributed by atoms with Gasteiger partial charge in [0.05, 0.1) is 0 Å². The third kappa shape index (κ3) is 3.00. The lowest BCUT2D eigenvalue weighted by atomic mass is 9.81. The molecule has 0 amide bonds. The maximum atomic E-state index is 6.56. The zero-order chi connectivity index (χ0) is 16.4. The van der Waals surface area contributed by atoms with Crippen LogP contribution >= 0.6 is 0 Å². The lowest BCUT2D eigenvalue weighted by Gasteiger charge is -2.24. The highest BCUT2D eigenvalue weighted by Crippen LogP contribution is 2.39. The van der Waals surface area contributed by atoms with Crippen molar-refractivity contribution >= 4 is 5.69 Å². The van der Waals surface area contributed by atoms with Crippen LogP contribution in [0.25, 0.3) is 22.3 Å². The fraction of sp³-hybridized carbons (Fsp3) is 0.182. The van der Waals surface area contributed by atoms with Gasteiger partial charge in [-0.05, 0) is 22.1 Å². The van der Waals surface area contributed by atoms with Crippen molar-refractivity contribution in [2.45, 2.75) is 26.2 Å². The number of hydrogen-bond donors (Lipinski definition) is 1. The van der Waals surface area contributed by atoms with Gasteiger partial charge in [0, 0.05) is 16.8 Å². The normalized spacial score (nSPS) is 11.4. The average Bonchev–Trinajstić information content (AvgIpc) is 2.55. The first-order valence-corrected chi connectivity index (χ1v) is 8.02. The summed E-state index contributed by atoms with van der Waals surface area (Å²) in [7, 11) is 0. The minimum Gasteiger partial charge on any atom is -0.398 e. The van der Waals surface area contributed by atoms with Gasteiger partial charge in [0.2, 0.25) is 0 Å². The molecule has 23 heavy (non-hydrogen) atoms. The average molecular weight is 301 g/mol. The monoisotopic (exact) mass is 301 g/mol. The first-order valence-electron chi connectivity index (χ1n) is 8.02. The number of hydrogen-bond acceptors (Lipinski definition) is 1. The minimum absolute atomic E-state index is 0.0752. The molecule has 0 aromatic heterocycles. The molecule has 0 radical (unpaired) electrons. The summed E-state index contributed by atoms with van der Waals surface area (Å²) in [5.41, 5.74) is 13.4. The summed E-state index contributed by atoms with van der Waals surface area (Å²) in [4.78, 5) is 0. The Kier molecular flexibility index (Phi) is 3.96. The van der Waals surface area contributed by atoms with Crippen LogP contribution in [-0.2, 0) is 5.41 Å². The van der Waals surface area contributed by atoms with Crippen molar-refractivity contribution in [3.8, 4) is 22.3 Å². The molecule has 3 aromatic rings. The van der Waals surface area contributed by atoms with Crippen molar-refractivity contribution in [2.24, 2.45) is 0 Å². The molecular formula is C22H23N. The van der Waals surface area contributed by atoms with E-state index >= 15 is 0 Å². The molecule has 3 rings (SSSR count). The van der Waals surface area contributed by atoms with Gasteiger partial charge in [0.25, 0.3) is 0 Å². The molecule has 0 saturated carbocycles. The van der Waals surface area contributed by atoms with Gasteiger partial charge in [-0.2, -0.15) is 0 Å². The predicted octanol–water partition coefficient (Wildman–Crippen LogP) is 5.90. The maximum absolute atomic E-state index is 6.56. The Morgan fingerprint density at radius 2 is 1.17 bits per heavy atom. The Bertz CT molecular complexity index is 811. The second-order valence-corrected chi connectivity index (χ2v) is 6.93. The van der Waals surface area contributed by atoms with Gasteiger partial charge < -0.3 is 5.73 Å². The first-order chi connectivity index (χ1) is 11.0. The Labute approximate surface area is 138 Å². The van der Waals surface area contributed by atoms with E-state index in [1.54, 1.807) is 0 Å². The Balaban J connectivity index is 2.20. The third-order valence-electron chi connectivity index (χ3n) is 4.22. The van der Waals surface area contributed by atoms with Crippen molar-refractivity contribution in [3.63, 3.8) is 0 Å². The zero-order valence-corrected chi connectivity index (χ0v) is 14.0. The molecule has 0 saturated heterocycles. The molecule has 0 heterocycles. The summed E-state index contributed by atoms with van der Waals surface area (Å²) >= 11 is 0. The van der Waals surface area contributed by atoms with E-state index in [9.17, 15) is 0 Å². The molecule has 116 valence electrons. The lowest BCUT2D eigenvalue weighted by Crippen LogP contribution is -2.13. The van der Waals surface area contributed by atoms with E-state index in [2.05, 4.69) is 75.4 Å². The quantitative estimate of drug-likeness (QED) is 0.586. The van der Waals surface area contributed by atoms with Crippen molar-refractivity contribution in [1.82, 2.24) is 0 Å². The van der Waals surface area contributed by atoms with Crippen LogP contribution < -0.4 is 5.73 Å². The largest absolute Gasteiger partial charge is 0.398 e. The number of para-hydroxylation sites is 1. The first kappa shape index (κ1) is 15.4. The molecule has 0 fully saturated rings. The molecule has 0 unspecified atom stereocenters. The number of benzene rings is 3. The molecule has 3 aromatic carbocycles. The fourth-order valence-corrected chi connectivity index (χ4v) is 3.04. The number of nitrogen functional groups attached to an aromatic ring is 1. The fourth-order valence-electron chi connectivity index (χ4n) is 3.04. The van der Waals surface area contributed by atoms with Crippen molar-refractivity contribution in [2.75, 3.05) is 5.73 Å².